The second kappa shape index (κ2) is 7.84. The lowest BCUT2D eigenvalue weighted by atomic mass is 9.97. The normalized spacial score (nSPS) is 34.2. The first-order valence-corrected chi connectivity index (χ1v) is 8.71. The van der Waals surface area contributed by atoms with Crippen molar-refractivity contribution in [2.24, 2.45) is 0 Å². The number of hydrogen-bond donors (Lipinski definition) is 2. The summed E-state index contributed by atoms with van der Waals surface area (Å²) in [5, 5.41) is 21.0. The number of rotatable bonds is 4. The van der Waals surface area contributed by atoms with Crippen LogP contribution >= 0.6 is 0 Å². The fourth-order valence-corrected chi connectivity index (χ4v) is 3.31. The third-order valence-electron chi connectivity index (χ3n) is 4.68. The average Bonchev–Trinajstić information content (AvgIpc) is 2.69. The zero-order valence-corrected chi connectivity index (χ0v) is 14.2. The lowest BCUT2D eigenvalue weighted by Crippen LogP contribution is -2.62. The first-order chi connectivity index (χ1) is 12.7. The minimum Gasteiger partial charge on any atom is -0.387 e. The topological polar surface area (TPSA) is 77.4 Å². The summed E-state index contributed by atoms with van der Waals surface area (Å²) < 4.78 is 22.9. The molecule has 0 spiro atoms. The van der Waals surface area contributed by atoms with Gasteiger partial charge in [-0.25, -0.2) is 0 Å². The number of hydrogen-bond acceptors (Lipinski definition) is 6. The van der Waals surface area contributed by atoms with Gasteiger partial charge in [-0.1, -0.05) is 60.7 Å². The highest BCUT2D eigenvalue weighted by molar-refractivity contribution is 5.17. The quantitative estimate of drug-likeness (QED) is 0.867. The molecule has 2 aliphatic heterocycles. The lowest BCUT2D eigenvalue weighted by Gasteiger charge is -2.46. The van der Waals surface area contributed by atoms with Gasteiger partial charge in [0.15, 0.2) is 12.6 Å². The Morgan fingerprint density at radius 1 is 0.923 bits per heavy atom. The molecule has 6 heteroatoms. The molecule has 6 atom stereocenters. The van der Waals surface area contributed by atoms with Crippen LogP contribution in [0.2, 0.25) is 0 Å². The van der Waals surface area contributed by atoms with Crippen LogP contribution in [-0.4, -0.2) is 47.5 Å². The van der Waals surface area contributed by atoms with Crippen LogP contribution < -0.4 is 0 Å². The maximum atomic E-state index is 10.7. The monoisotopic (exact) mass is 358 g/mol. The van der Waals surface area contributed by atoms with Gasteiger partial charge >= 0.3 is 0 Å². The van der Waals surface area contributed by atoms with E-state index in [1.807, 2.05) is 60.7 Å². The van der Waals surface area contributed by atoms with Crippen molar-refractivity contribution in [3.63, 3.8) is 0 Å². The molecule has 0 saturated carbocycles. The molecule has 2 aromatic carbocycles. The summed E-state index contributed by atoms with van der Waals surface area (Å²) in [5.41, 5.74) is 1.81. The van der Waals surface area contributed by atoms with Gasteiger partial charge in [0.1, 0.15) is 24.4 Å². The van der Waals surface area contributed by atoms with Gasteiger partial charge in [-0.05, 0) is 5.56 Å². The van der Waals surface area contributed by atoms with E-state index < -0.39 is 37.0 Å². The Bertz CT molecular complexity index is 694. The average molecular weight is 358 g/mol. The largest absolute Gasteiger partial charge is 0.387 e. The van der Waals surface area contributed by atoms with Crippen LogP contribution in [0.5, 0.6) is 0 Å². The van der Waals surface area contributed by atoms with Gasteiger partial charge in [0, 0.05) is 5.56 Å². The smallest absolute Gasteiger partial charge is 0.184 e. The van der Waals surface area contributed by atoms with Crippen molar-refractivity contribution in [2.45, 2.75) is 43.6 Å². The predicted molar refractivity (Wildman–Crippen MR) is 91.9 cm³/mol. The summed E-state index contributed by atoms with van der Waals surface area (Å²) in [6, 6.07) is 19.1. The molecule has 2 saturated heterocycles. The van der Waals surface area contributed by atoms with E-state index >= 15 is 0 Å². The van der Waals surface area contributed by atoms with Gasteiger partial charge in [0.05, 0.1) is 13.2 Å². The number of aliphatic hydroxyl groups is 2. The van der Waals surface area contributed by atoms with Crippen molar-refractivity contribution >= 4 is 0 Å². The third-order valence-corrected chi connectivity index (χ3v) is 4.68. The molecule has 2 heterocycles. The number of ether oxygens (including phenoxy) is 4. The third kappa shape index (κ3) is 3.66. The van der Waals surface area contributed by atoms with E-state index in [2.05, 4.69) is 0 Å². The van der Waals surface area contributed by atoms with Crippen LogP contribution in [0.25, 0.3) is 0 Å². The molecule has 2 fully saturated rings. The van der Waals surface area contributed by atoms with E-state index in [1.54, 1.807) is 0 Å². The first-order valence-electron chi connectivity index (χ1n) is 8.71. The number of aliphatic hydroxyl groups excluding tert-OH is 2. The fourth-order valence-electron chi connectivity index (χ4n) is 3.31. The molecular weight excluding hydrogens is 336 g/mol. The highest BCUT2D eigenvalue weighted by Gasteiger charge is 2.49. The van der Waals surface area contributed by atoms with E-state index in [9.17, 15) is 10.2 Å². The molecule has 138 valence electrons. The van der Waals surface area contributed by atoms with Crippen LogP contribution in [0.4, 0.5) is 0 Å². The number of fused-ring (bicyclic) bond motifs is 1. The predicted octanol–water partition coefficient (Wildman–Crippen LogP) is 1.76. The molecule has 0 aliphatic carbocycles. The highest BCUT2D eigenvalue weighted by atomic mass is 16.7. The maximum absolute atomic E-state index is 10.7. The molecule has 0 radical (unpaired) electrons. The molecule has 0 unspecified atom stereocenters. The van der Waals surface area contributed by atoms with Gasteiger partial charge in [0.25, 0.3) is 0 Å². The Balaban J connectivity index is 1.44. The van der Waals surface area contributed by atoms with Crippen molar-refractivity contribution in [3.8, 4) is 0 Å². The van der Waals surface area contributed by atoms with Crippen molar-refractivity contribution in [3.05, 3.63) is 71.8 Å². The highest BCUT2D eigenvalue weighted by Crippen LogP contribution is 2.34. The summed E-state index contributed by atoms with van der Waals surface area (Å²) in [7, 11) is 0. The minimum absolute atomic E-state index is 0.226. The molecule has 4 rings (SSSR count). The standard InChI is InChI=1S/C20H22O6/c21-16-17-15(12-24-20(26-17)14-9-5-2-6-10-14)25-19(22)18(16)23-11-13-7-3-1-4-8-13/h1-10,15-22H,11-12H2/t15-,16+,17-,18-,19-,20-/m1/s1. The molecule has 0 bridgehead atoms. The minimum atomic E-state index is -1.24. The summed E-state index contributed by atoms with van der Waals surface area (Å²) in [6.45, 7) is 0.489. The molecule has 0 amide bonds. The van der Waals surface area contributed by atoms with Crippen LogP contribution in [0.15, 0.2) is 60.7 Å². The van der Waals surface area contributed by atoms with Crippen LogP contribution in [-0.2, 0) is 25.6 Å². The molecular formula is C20H22O6. The fraction of sp³-hybridized carbons (Fsp3) is 0.400. The van der Waals surface area contributed by atoms with Crippen molar-refractivity contribution < 1.29 is 29.2 Å². The van der Waals surface area contributed by atoms with Gasteiger partial charge < -0.3 is 29.2 Å². The summed E-state index contributed by atoms with van der Waals surface area (Å²) in [6.07, 6.45) is -4.93. The lowest BCUT2D eigenvalue weighted by molar-refractivity contribution is -0.360. The van der Waals surface area contributed by atoms with Crippen LogP contribution in [0.1, 0.15) is 17.4 Å². The first kappa shape index (κ1) is 17.6. The summed E-state index contributed by atoms with van der Waals surface area (Å²) in [4.78, 5) is 0. The Morgan fingerprint density at radius 2 is 1.62 bits per heavy atom. The van der Waals surface area contributed by atoms with E-state index in [0.29, 0.717) is 0 Å². The molecule has 2 N–H and O–H groups in total. The zero-order chi connectivity index (χ0) is 17.9. The molecule has 2 aliphatic rings. The van der Waals surface area contributed by atoms with Gasteiger partial charge in [-0.3, -0.25) is 0 Å². The second-order valence-corrected chi connectivity index (χ2v) is 6.49. The van der Waals surface area contributed by atoms with E-state index in [-0.39, 0.29) is 13.2 Å². The SMILES string of the molecule is O[C@@H]1[C@@H](OCc2ccccc2)[C@H](O)O[C@@H]2CO[C@@H](c3ccccc3)O[C@@H]12. The Hall–Kier alpha value is -1.80. The van der Waals surface area contributed by atoms with E-state index in [1.165, 1.54) is 0 Å². The Morgan fingerprint density at radius 3 is 2.35 bits per heavy atom. The van der Waals surface area contributed by atoms with Gasteiger partial charge in [-0.15, -0.1) is 0 Å². The molecule has 6 nitrogen and oxygen atoms in total. The Labute approximate surface area is 151 Å². The molecule has 26 heavy (non-hydrogen) atoms. The summed E-state index contributed by atoms with van der Waals surface area (Å²) in [5.74, 6) is 0. The summed E-state index contributed by atoms with van der Waals surface area (Å²) >= 11 is 0. The zero-order valence-electron chi connectivity index (χ0n) is 14.2. The van der Waals surface area contributed by atoms with Gasteiger partial charge in [-0.2, -0.15) is 0 Å². The van der Waals surface area contributed by atoms with Crippen molar-refractivity contribution in [1.29, 1.82) is 0 Å². The second-order valence-electron chi connectivity index (χ2n) is 6.49. The van der Waals surface area contributed by atoms with Crippen LogP contribution in [0.3, 0.4) is 0 Å². The number of benzene rings is 2. The maximum Gasteiger partial charge on any atom is 0.184 e. The molecule has 2 aromatic rings. The van der Waals surface area contributed by atoms with E-state index in [0.717, 1.165) is 11.1 Å². The van der Waals surface area contributed by atoms with Crippen LogP contribution in [0, 0.1) is 0 Å². The van der Waals surface area contributed by atoms with Crippen molar-refractivity contribution in [2.75, 3.05) is 6.61 Å². The Kier molecular flexibility index (Phi) is 5.31. The van der Waals surface area contributed by atoms with Crippen molar-refractivity contribution in [1.82, 2.24) is 0 Å². The van der Waals surface area contributed by atoms with E-state index in [4.69, 9.17) is 18.9 Å². The van der Waals surface area contributed by atoms with Gasteiger partial charge in [0.2, 0.25) is 0 Å². The molecule has 0 aromatic heterocycles.